The average Bonchev–Trinajstić information content (AvgIpc) is 2.76. The maximum atomic E-state index is 11.1. The summed E-state index contributed by atoms with van der Waals surface area (Å²) >= 11 is 0. The van der Waals surface area contributed by atoms with Crippen LogP contribution in [0.15, 0.2) is 12.3 Å². The van der Waals surface area contributed by atoms with Gasteiger partial charge in [0.2, 0.25) is 5.82 Å². The summed E-state index contributed by atoms with van der Waals surface area (Å²) in [5.74, 6) is -0.810. The third-order valence-corrected chi connectivity index (χ3v) is 3.10. The van der Waals surface area contributed by atoms with Crippen molar-refractivity contribution in [3.8, 4) is 0 Å². The fraction of sp³-hybridized carbons (Fsp3) is 0.455. The lowest BCUT2D eigenvalue weighted by Crippen LogP contribution is -2.36. The Hall–Kier alpha value is -2.18. The summed E-state index contributed by atoms with van der Waals surface area (Å²) in [6, 6.07) is 0.825. The van der Waals surface area contributed by atoms with E-state index in [1.807, 2.05) is 0 Å². The van der Waals surface area contributed by atoms with E-state index in [1.54, 1.807) is 13.0 Å². The Balaban J connectivity index is 2.48. The quantitative estimate of drug-likeness (QED) is 0.643. The number of nitro groups is 1. The number of aryl methyl sites for hydroxylation is 1. The number of carbonyl (C=O) groups is 1. The first-order valence-electron chi connectivity index (χ1n) is 5.62. The summed E-state index contributed by atoms with van der Waals surface area (Å²) in [5, 5.41) is 20.2. The second-order valence-electron chi connectivity index (χ2n) is 4.25. The zero-order valence-corrected chi connectivity index (χ0v) is 9.87. The minimum atomic E-state index is -0.967. The van der Waals surface area contributed by atoms with Crippen molar-refractivity contribution < 1.29 is 14.8 Å². The van der Waals surface area contributed by atoms with E-state index in [1.165, 1.54) is 11.1 Å². The smallest absolute Gasteiger partial charge is 0.326 e. The van der Waals surface area contributed by atoms with Crippen LogP contribution in [0.3, 0.4) is 0 Å². The molecule has 1 N–H and O–H groups in total. The van der Waals surface area contributed by atoms with Crippen LogP contribution in [0.1, 0.15) is 18.4 Å². The Bertz CT molecular complexity index is 503. The molecular formula is C11H13N3O4. The Morgan fingerprint density at radius 1 is 1.67 bits per heavy atom. The Morgan fingerprint density at radius 3 is 3.00 bits per heavy atom. The van der Waals surface area contributed by atoms with E-state index >= 15 is 0 Å². The molecule has 1 saturated heterocycles. The van der Waals surface area contributed by atoms with E-state index in [9.17, 15) is 14.9 Å². The average molecular weight is 251 g/mol. The summed E-state index contributed by atoms with van der Waals surface area (Å²) < 4.78 is 0. The standard InChI is InChI=1S/C11H13N3O4/c1-7-4-5-12-10(9(7)14(17)18)13-6-2-3-8(13)11(15)16/h4-5,8H,2-3,6H2,1H3,(H,15,16). The van der Waals surface area contributed by atoms with Crippen LogP contribution in [0.5, 0.6) is 0 Å². The second-order valence-corrected chi connectivity index (χ2v) is 4.25. The molecular weight excluding hydrogens is 238 g/mol. The lowest BCUT2D eigenvalue weighted by Gasteiger charge is -2.22. The van der Waals surface area contributed by atoms with Gasteiger partial charge in [0.15, 0.2) is 0 Å². The number of pyridine rings is 1. The molecule has 0 radical (unpaired) electrons. The SMILES string of the molecule is Cc1ccnc(N2CCCC2C(=O)O)c1[N+](=O)[O-]. The van der Waals surface area contributed by atoms with Crippen molar-refractivity contribution in [1.82, 2.24) is 4.98 Å². The number of carboxylic acid groups (broad SMARTS) is 1. The molecule has 1 aliphatic heterocycles. The topological polar surface area (TPSA) is 96.6 Å². The molecule has 1 atom stereocenters. The lowest BCUT2D eigenvalue weighted by atomic mass is 10.2. The number of hydrogen-bond donors (Lipinski definition) is 1. The Morgan fingerprint density at radius 2 is 2.39 bits per heavy atom. The summed E-state index contributed by atoms with van der Waals surface area (Å²) in [5.41, 5.74) is 0.381. The molecule has 2 heterocycles. The largest absolute Gasteiger partial charge is 0.480 e. The highest BCUT2D eigenvalue weighted by Gasteiger charge is 2.35. The van der Waals surface area contributed by atoms with Gasteiger partial charge in [-0.25, -0.2) is 9.78 Å². The van der Waals surface area contributed by atoms with Crippen LogP contribution >= 0.6 is 0 Å². The Kier molecular flexibility index (Phi) is 3.14. The zero-order valence-electron chi connectivity index (χ0n) is 9.87. The van der Waals surface area contributed by atoms with Gasteiger partial charge < -0.3 is 10.0 Å². The van der Waals surface area contributed by atoms with Gasteiger partial charge in [0.1, 0.15) is 6.04 Å². The number of carboxylic acids is 1. The van der Waals surface area contributed by atoms with E-state index in [2.05, 4.69) is 4.98 Å². The molecule has 1 aromatic rings. The number of aromatic nitrogens is 1. The van der Waals surface area contributed by atoms with Gasteiger partial charge in [-0.05, 0) is 25.8 Å². The molecule has 96 valence electrons. The molecule has 7 nitrogen and oxygen atoms in total. The van der Waals surface area contributed by atoms with Crippen molar-refractivity contribution in [2.75, 3.05) is 11.4 Å². The molecule has 1 fully saturated rings. The highest BCUT2D eigenvalue weighted by molar-refractivity contribution is 5.80. The van der Waals surface area contributed by atoms with Gasteiger partial charge in [0.25, 0.3) is 0 Å². The molecule has 0 amide bonds. The molecule has 18 heavy (non-hydrogen) atoms. The van der Waals surface area contributed by atoms with E-state index in [0.717, 1.165) is 0 Å². The number of anilines is 1. The van der Waals surface area contributed by atoms with Crippen LogP contribution in [0.4, 0.5) is 11.5 Å². The van der Waals surface area contributed by atoms with Crippen LogP contribution in [-0.2, 0) is 4.79 Å². The van der Waals surface area contributed by atoms with E-state index in [4.69, 9.17) is 5.11 Å². The van der Waals surface area contributed by atoms with Crippen molar-refractivity contribution in [3.63, 3.8) is 0 Å². The van der Waals surface area contributed by atoms with Crippen molar-refractivity contribution in [1.29, 1.82) is 0 Å². The van der Waals surface area contributed by atoms with E-state index in [0.29, 0.717) is 24.9 Å². The summed E-state index contributed by atoms with van der Waals surface area (Å²) in [6.45, 7) is 2.10. The van der Waals surface area contributed by atoms with Gasteiger partial charge in [-0.3, -0.25) is 10.1 Å². The maximum Gasteiger partial charge on any atom is 0.326 e. The predicted octanol–water partition coefficient (Wildman–Crippen LogP) is 1.35. The fourth-order valence-electron chi connectivity index (χ4n) is 2.25. The lowest BCUT2D eigenvalue weighted by molar-refractivity contribution is -0.384. The molecule has 1 aromatic heterocycles. The minimum absolute atomic E-state index is 0.106. The zero-order chi connectivity index (χ0) is 13.3. The molecule has 0 spiro atoms. The predicted molar refractivity (Wildman–Crippen MR) is 63.6 cm³/mol. The monoisotopic (exact) mass is 251 g/mol. The maximum absolute atomic E-state index is 11.1. The Labute approximate surface area is 103 Å². The van der Waals surface area contributed by atoms with Gasteiger partial charge in [-0.15, -0.1) is 0 Å². The van der Waals surface area contributed by atoms with Gasteiger partial charge >= 0.3 is 11.7 Å². The van der Waals surface area contributed by atoms with E-state index in [-0.39, 0.29) is 11.5 Å². The highest BCUT2D eigenvalue weighted by atomic mass is 16.6. The van der Waals surface area contributed by atoms with Gasteiger partial charge in [-0.1, -0.05) is 0 Å². The summed E-state index contributed by atoms with van der Waals surface area (Å²) in [4.78, 5) is 27.2. The van der Waals surface area contributed by atoms with Gasteiger partial charge in [0.05, 0.1) is 4.92 Å². The van der Waals surface area contributed by atoms with Gasteiger partial charge in [0, 0.05) is 18.3 Å². The number of nitrogens with zero attached hydrogens (tertiary/aromatic N) is 3. The molecule has 0 bridgehead atoms. The fourth-order valence-corrected chi connectivity index (χ4v) is 2.25. The minimum Gasteiger partial charge on any atom is -0.480 e. The van der Waals surface area contributed by atoms with Gasteiger partial charge in [-0.2, -0.15) is 0 Å². The molecule has 0 aromatic carbocycles. The molecule has 2 rings (SSSR count). The number of aliphatic carboxylic acids is 1. The summed E-state index contributed by atoms with van der Waals surface area (Å²) in [6.07, 6.45) is 2.65. The van der Waals surface area contributed by atoms with Crippen molar-refractivity contribution in [2.24, 2.45) is 0 Å². The molecule has 1 unspecified atom stereocenters. The van der Waals surface area contributed by atoms with Crippen LogP contribution in [-0.4, -0.2) is 33.6 Å². The number of hydrogen-bond acceptors (Lipinski definition) is 5. The normalized spacial score (nSPS) is 18.9. The summed E-state index contributed by atoms with van der Waals surface area (Å²) in [7, 11) is 0. The molecule has 7 heteroatoms. The van der Waals surface area contributed by atoms with Crippen molar-refractivity contribution in [3.05, 3.63) is 27.9 Å². The molecule has 1 aliphatic rings. The first kappa shape index (κ1) is 12.3. The van der Waals surface area contributed by atoms with E-state index < -0.39 is 16.9 Å². The van der Waals surface area contributed by atoms with Crippen molar-refractivity contribution >= 4 is 17.5 Å². The van der Waals surface area contributed by atoms with Crippen LogP contribution < -0.4 is 4.90 Å². The van der Waals surface area contributed by atoms with Crippen LogP contribution in [0.25, 0.3) is 0 Å². The first-order valence-corrected chi connectivity index (χ1v) is 5.62. The van der Waals surface area contributed by atoms with Crippen LogP contribution in [0, 0.1) is 17.0 Å². The third kappa shape index (κ3) is 1.99. The highest BCUT2D eigenvalue weighted by Crippen LogP contribution is 2.33. The first-order chi connectivity index (χ1) is 8.52. The van der Waals surface area contributed by atoms with Crippen LogP contribution in [0.2, 0.25) is 0 Å². The molecule has 0 aliphatic carbocycles. The number of rotatable bonds is 3. The molecule has 0 saturated carbocycles. The third-order valence-electron chi connectivity index (χ3n) is 3.10. The van der Waals surface area contributed by atoms with Crippen molar-refractivity contribution in [2.45, 2.75) is 25.8 Å². The second kappa shape index (κ2) is 4.59.